The topological polar surface area (TPSA) is 54.4 Å². The van der Waals surface area contributed by atoms with Crippen molar-refractivity contribution in [2.45, 2.75) is 37.0 Å². The summed E-state index contributed by atoms with van der Waals surface area (Å²) in [4.78, 5) is 0. The monoisotopic (exact) mass is 190 g/mol. The second-order valence-electron chi connectivity index (χ2n) is 3.88. The molecule has 1 saturated heterocycles. The van der Waals surface area contributed by atoms with E-state index < -0.39 is 21.2 Å². The Morgan fingerprint density at radius 1 is 1.25 bits per heavy atom. The average molecular weight is 190 g/mol. The van der Waals surface area contributed by atoms with Gasteiger partial charge in [0.15, 0.2) is 9.84 Å². The van der Waals surface area contributed by atoms with Crippen molar-refractivity contribution < 1.29 is 13.5 Å². The number of hydrogen-bond donors (Lipinski definition) is 1. The molecule has 0 bridgehead atoms. The molecule has 0 aromatic carbocycles. The molecule has 1 aliphatic carbocycles. The summed E-state index contributed by atoms with van der Waals surface area (Å²) in [6.07, 6.45) is 3.26. The Hall–Kier alpha value is -0.0900. The first-order valence-corrected chi connectivity index (χ1v) is 6.22. The van der Waals surface area contributed by atoms with E-state index in [1.165, 1.54) is 0 Å². The Bertz CT molecular complexity index is 266. The van der Waals surface area contributed by atoms with Crippen LogP contribution in [-0.2, 0) is 9.84 Å². The molecule has 0 aromatic heterocycles. The fourth-order valence-corrected chi connectivity index (χ4v) is 3.45. The maximum atomic E-state index is 11.1. The Labute approximate surface area is 72.7 Å². The first-order chi connectivity index (χ1) is 5.61. The molecule has 0 spiro atoms. The third-order valence-electron chi connectivity index (χ3n) is 3.16. The first-order valence-electron chi connectivity index (χ1n) is 4.51. The lowest BCUT2D eigenvalue weighted by atomic mass is 9.79. The van der Waals surface area contributed by atoms with Crippen LogP contribution in [0, 0.1) is 5.92 Å². The summed E-state index contributed by atoms with van der Waals surface area (Å²) in [5.74, 6) is 0.548. The van der Waals surface area contributed by atoms with Gasteiger partial charge in [0.1, 0.15) is 0 Å². The van der Waals surface area contributed by atoms with Gasteiger partial charge in [0.25, 0.3) is 0 Å². The molecule has 0 amide bonds. The summed E-state index contributed by atoms with van der Waals surface area (Å²) in [6, 6.07) is 0. The quantitative estimate of drug-likeness (QED) is 0.683. The van der Waals surface area contributed by atoms with Crippen molar-refractivity contribution in [3.8, 4) is 0 Å². The minimum atomic E-state index is -2.89. The number of sulfone groups is 1. The third-order valence-corrected chi connectivity index (χ3v) is 5.40. The molecule has 0 aromatic rings. The molecule has 2 atom stereocenters. The predicted molar refractivity (Wildman–Crippen MR) is 45.5 cm³/mol. The van der Waals surface area contributed by atoms with Crippen LogP contribution in [0.5, 0.6) is 0 Å². The molecule has 2 rings (SSSR count). The van der Waals surface area contributed by atoms with E-state index in [0.29, 0.717) is 6.42 Å². The van der Waals surface area contributed by atoms with Crippen LogP contribution in [0.15, 0.2) is 0 Å². The van der Waals surface area contributed by atoms with Crippen LogP contribution in [0.4, 0.5) is 0 Å². The summed E-state index contributed by atoms with van der Waals surface area (Å²) in [6.45, 7) is 0. The second-order valence-corrected chi connectivity index (χ2v) is 6.22. The van der Waals surface area contributed by atoms with Crippen molar-refractivity contribution in [2.75, 3.05) is 5.75 Å². The van der Waals surface area contributed by atoms with Gasteiger partial charge in [-0.1, -0.05) is 6.42 Å². The normalized spacial score (nSPS) is 36.6. The van der Waals surface area contributed by atoms with Crippen molar-refractivity contribution in [2.24, 2.45) is 5.92 Å². The van der Waals surface area contributed by atoms with Crippen LogP contribution < -0.4 is 0 Å². The van der Waals surface area contributed by atoms with Gasteiger partial charge in [0.2, 0.25) is 0 Å². The van der Waals surface area contributed by atoms with Crippen LogP contribution in [-0.4, -0.2) is 30.6 Å². The van der Waals surface area contributed by atoms with Gasteiger partial charge in [-0.3, -0.25) is 0 Å². The summed E-state index contributed by atoms with van der Waals surface area (Å²) in [7, 11) is -2.89. The van der Waals surface area contributed by atoms with Crippen molar-refractivity contribution in [3.05, 3.63) is 0 Å². The number of hydrogen-bond acceptors (Lipinski definition) is 3. The molecule has 2 fully saturated rings. The van der Waals surface area contributed by atoms with E-state index in [0.717, 1.165) is 19.3 Å². The van der Waals surface area contributed by atoms with Crippen LogP contribution in [0.1, 0.15) is 25.7 Å². The molecule has 1 heterocycles. The van der Waals surface area contributed by atoms with Crippen LogP contribution in [0.2, 0.25) is 0 Å². The van der Waals surface area contributed by atoms with E-state index in [9.17, 15) is 13.5 Å². The van der Waals surface area contributed by atoms with Gasteiger partial charge in [0.05, 0.1) is 17.1 Å². The highest BCUT2D eigenvalue weighted by molar-refractivity contribution is 7.93. The van der Waals surface area contributed by atoms with Gasteiger partial charge in [-0.15, -0.1) is 0 Å². The molecule has 12 heavy (non-hydrogen) atoms. The molecule has 3 nitrogen and oxygen atoms in total. The highest BCUT2D eigenvalue weighted by Crippen LogP contribution is 2.36. The maximum Gasteiger partial charge on any atom is 0.155 e. The predicted octanol–water partition coefficient (Wildman–Crippen LogP) is 0.334. The lowest BCUT2D eigenvalue weighted by molar-refractivity contribution is 0.0544. The van der Waals surface area contributed by atoms with Crippen molar-refractivity contribution >= 4 is 9.84 Å². The fourth-order valence-electron chi connectivity index (χ4n) is 1.91. The third kappa shape index (κ3) is 1.17. The zero-order chi connectivity index (χ0) is 8.77. The molecule has 0 radical (unpaired) electrons. The molecule has 2 unspecified atom stereocenters. The minimum absolute atomic E-state index is 0.269. The first kappa shape index (κ1) is 8.51. The molecule has 4 heteroatoms. The molecular formula is C8H14O3S. The van der Waals surface area contributed by atoms with Gasteiger partial charge in [-0.25, -0.2) is 8.42 Å². The highest BCUT2D eigenvalue weighted by Gasteiger charge is 2.44. The fraction of sp³-hybridized carbons (Fsp3) is 1.00. The summed E-state index contributed by atoms with van der Waals surface area (Å²) >= 11 is 0. The van der Waals surface area contributed by atoms with Crippen molar-refractivity contribution in [3.63, 3.8) is 0 Å². The number of aliphatic hydroxyl groups is 1. The molecule has 1 N–H and O–H groups in total. The van der Waals surface area contributed by atoms with E-state index in [1.807, 2.05) is 0 Å². The average Bonchev–Trinajstić information content (AvgIpc) is 1.81. The van der Waals surface area contributed by atoms with Gasteiger partial charge in [0, 0.05) is 0 Å². The zero-order valence-electron chi connectivity index (χ0n) is 6.94. The molecule has 2 aliphatic rings. The van der Waals surface area contributed by atoms with Crippen molar-refractivity contribution in [1.29, 1.82) is 0 Å². The van der Waals surface area contributed by atoms with Gasteiger partial charge in [-0.2, -0.15) is 0 Å². The molecule has 1 saturated carbocycles. The number of rotatable bonds is 2. The minimum Gasteiger partial charge on any atom is -0.391 e. The standard InChI is InChI=1S/C8H14O3S/c9-8(6-2-1-3-6)7-4-5-12(7,10)11/h6-9H,1-5H2. The Kier molecular flexibility index (Phi) is 1.92. The van der Waals surface area contributed by atoms with Crippen LogP contribution >= 0.6 is 0 Å². The highest BCUT2D eigenvalue weighted by atomic mass is 32.2. The summed E-state index contributed by atoms with van der Waals surface area (Å²) < 4.78 is 22.3. The maximum absolute atomic E-state index is 11.1. The second kappa shape index (κ2) is 2.70. The van der Waals surface area contributed by atoms with E-state index in [2.05, 4.69) is 0 Å². The smallest absolute Gasteiger partial charge is 0.155 e. The van der Waals surface area contributed by atoms with Crippen LogP contribution in [0.3, 0.4) is 0 Å². The Morgan fingerprint density at radius 2 is 1.92 bits per heavy atom. The molecule has 1 aliphatic heterocycles. The Balaban J connectivity index is 2.00. The van der Waals surface area contributed by atoms with Gasteiger partial charge >= 0.3 is 0 Å². The van der Waals surface area contributed by atoms with E-state index >= 15 is 0 Å². The van der Waals surface area contributed by atoms with Crippen molar-refractivity contribution in [1.82, 2.24) is 0 Å². The SMILES string of the molecule is O=S1(=O)CCC1C(O)C1CCC1. The molecule has 70 valence electrons. The Morgan fingerprint density at radius 3 is 2.17 bits per heavy atom. The lowest BCUT2D eigenvalue weighted by Crippen LogP contribution is -2.49. The van der Waals surface area contributed by atoms with Gasteiger partial charge < -0.3 is 5.11 Å². The van der Waals surface area contributed by atoms with E-state index in [-0.39, 0.29) is 11.7 Å². The largest absolute Gasteiger partial charge is 0.391 e. The zero-order valence-corrected chi connectivity index (χ0v) is 7.76. The molecular weight excluding hydrogens is 176 g/mol. The van der Waals surface area contributed by atoms with E-state index in [4.69, 9.17) is 0 Å². The van der Waals surface area contributed by atoms with Crippen LogP contribution in [0.25, 0.3) is 0 Å². The van der Waals surface area contributed by atoms with Gasteiger partial charge in [-0.05, 0) is 25.2 Å². The summed E-state index contributed by atoms with van der Waals surface area (Å²) in [5, 5.41) is 9.22. The summed E-state index contributed by atoms with van der Waals surface area (Å²) in [5.41, 5.74) is 0. The lowest BCUT2D eigenvalue weighted by Gasteiger charge is -2.38. The number of aliphatic hydroxyl groups excluding tert-OH is 1. The van der Waals surface area contributed by atoms with E-state index in [1.54, 1.807) is 0 Å².